The zero-order chi connectivity index (χ0) is 33.3. The maximum absolute atomic E-state index is 13.4. The molecule has 5 N–H and O–H groups in total. The van der Waals surface area contributed by atoms with Crippen molar-refractivity contribution in [2.45, 2.75) is 57.6 Å². The highest BCUT2D eigenvalue weighted by atomic mass is 16.5. The first-order chi connectivity index (χ1) is 22.7. The Morgan fingerprint density at radius 2 is 1.60 bits per heavy atom. The fourth-order valence-electron chi connectivity index (χ4n) is 5.08. The monoisotopic (exact) mass is 643 g/mol. The maximum atomic E-state index is 13.4. The Morgan fingerprint density at radius 3 is 2.30 bits per heavy atom. The zero-order valence-electron chi connectivity index (χ0n) is 26.0. The molecule has 14 heteroatoms. The van der Waals surface area contributed by atoms with Crippen molar-refractivity contribution in [3.05, 3.63) is 107 Å². The predicted octanol–water partition coefficient (Wildman–Crippen LogP) is 1.49. The maximum Gasteiger partial charge on any atom is 0.274 e. The van der Waals surface area contributed by atoms with E-state index in [9.17, 15) is 24.3 Å². The second-order valence-corrected chi connectivity index (χ2v) is 11.4. The third-order valence-corrected chi connectivity index (χ3v) is 7.59. The molecule has 14 nitrogen and oxygen atoms in total. The van der Waals surface area contributed by atoms with E-state index >= 15 is 0 Å². The van der Waals surface area contributed by atoms with Gasteiger partial charge in [-0.1, -0.05) is 65.8 Å². The van der Waals surface area contributed by atoms with E-state index in [0.29, 0.717) is 18.8 Å². The molecule has 47 heavy (non-hydrogen) atoms. The van der Waals surface area contributed by atoms with Crippen LogP contribution in [0.5, 0.6) is 0 Å². The van der Waals surface area contributed by atoms with Gasteiger partial charge in [0.1, 0.15) is 24.4 Å². The van der Waals surface area contributed by atoms with Gasteiger partial charge in [0, 0.05) is 32.1 Å². The Hall–Kier alpha value is -5.34. The van der Waals surface area contributed by atoms with Crippen LogP contribution >= 0.6 is 0 Å². The summed E-state index contributed by atoms with van der Waals surface area (Å²) in [5.74, 6) is -2.08. The van der Waals surface area contributed by atoms with E-state index in [0.717, 1.165) is 17.4 Å². The van der Waals surface area contributed by atoms with Gasteiger partial charge in [-0.15, -0.1) is 0 Å². The van der Waals surface area contributed by atoms with Crippen LogP contribution in [0.15, 0.2) is 81.9 Å². The summed E-state index contributed by atoms with van der Waals surface area (Å²) >= 11 is 0. The molecule has 4 aromatic rings. The minimum atomic E-state index is -1.39. The number of nitrogens with one attached hydrogen (secondary N) is 4. The van der Waals surface area contributed by atoms with Gasteiger partial charge in [0.2, 0.25) is 17.7 Å². The third-order valence-electron chi connectivity index (χ3n) is 7.59. The van der Waals surface area contributed by atoms with Gasteiger partial charge in [0.25, 0.3) is 11.8 Å². The first-order valence-corrected chi connectivity index (χ1v) is 15.3. The van der Waals surface area contributed by atoms with E-state index in [2.05, 4.69) is 31.4 Å². The van der Waals surface area contributed by atoms with Crippen LogP contribution in [0.3, 0.4) is 0 Å². The van der Waals surface area contributed by atoms with Crippen molar-refractivity contribution in [1.82, 2.24) is 36.3 Å². The summed E-state index contributed by atoms with van der Waals surface area (Å²) in [7, 11) is 0. The summed E-state index contributed by atoms with van der Waals surface area (Å²) in [5.41, 5.74) is 1.76. The minimum Gasteiger partial charge on any atom is -0.446 e. The molecule has 1 aliphatic heterocycles. The van der Waals surface area contributed by atoms with Crippen LogP contribution in [0.4, 0.5) is 0 Å². The minimum absolute atomic E-state index is 0.0411. The quantitative estimate of drug-likeness (QED) is 0.213. The first-order valence-electron chi connectivity index (χ1n) is 15.3. The lowest BCUT2D eigenvalue weighted by molar-refractivity contribution is -0.131. The molecule has 4 bridgehead atoms. The molecule has 0 unspecified atom stereocenters. The van der Waals surface area contributed by atoms with Crippen LogP contribution in [0.2, 0.25) is 0 Å². The number of aliphatic hydroxyl groups is 1. The van der Waals surface area contributed by atoms with Crippen molar-refractivity contribution in [3.8, 4) is 0 Å². The molecule has 2 aromatic carbocycles. The molecule has 0 saturated heterocycles. The van der Waals surface area contributed by atoms with Gasteiger partial charge < -0.3 is 35.3 Å². The number of aromatic nitrogens is 2. The molecule has 1 aliphatic rings. The molecule has 5 rings (SSSR count). The Kier molecular flexibility index (Phi) is 10.8. The highest BCUT2D eigenvalue weighted by Gasteiger charge is 2.31. The Balaban J connectivity index is 1.45. The Labute approximate surface area is 270 Å². The summed E-state index contributed by atoms with van der Waals surface area (Å²) in [5, 5.41) is 25.0. The van der Waals surface area contributed by atoms with E-state index in [4.69, 9.17) is 8.94 Å². The molecule has 246 valence electrons. The number of aliphatic hydroxyl groups excluding tert-OH is 1. The lowest BCUT2D eigenvalue weighted by atomic mass is 10.1. The van der Waals surface area contributed by atoms with E-state index in [1.807, 2.05) is 65.6 Å². The number of rotatable bonds is 5. The summed E-state index contributed by atoms with van der Waals surface area (Å²) in [4.78, 5) is 58.8. The predicted molar refractivity (Wildman–Crippen MR) is 167 cm³/mol. The van der Waals surface area contributed by atoms with Crippen LogP contribution in [-0.4, -0.2) is 75.1 Å². The molecule has 4 amide bonds. The molecule has 3 heterocycles. The summed E-state index contributed by atoms with van der Waals surface area (Å²) < 4.78 is 11.2. The molecule has 0 spiro atoms. The van der Waals surface area contributed by atoms with E-state index in [-0.39, 0.29) is 36.8 Å². The van der Waals surface area contributed by atoms with Crippen molar-refractivity contribution in [1.29, 1.82) is 0 Å². The molecule has 4 atom stereocenters. The summed E-state index contributed by atoms with van der Waals surface area (Å²) in [6, 6.07) is 17.5. The molecule has 0 saturated carbocycles. The standard InChI is InChI=1S/C33H37N7O7/c1-20-29(42)34-13-14-40(17-23-11-7-4-8-12-23)18-24-16-25(39-47-24)30(43)36-26(15-22-9-5-3-6-10-22)33-37-27(19-46-33)31(44)38-28(21(2)41)32(45)35-20/h3-12,16,19-21,26,28,41H,13-15,17-18H2,1-2H3,(H,34,42)(H,35,45)(H,36,43)(H,38,44)/t20-,21-,26-,28+/m1/s1. The first kappa shape index (κ1) is 33.0. The molecule has 0 radical (unpaired) electrons. The Morgan fingerprint density at radius 1 is 0.915 bits per heavy atom. The van der Waals surface area contributed by atoms with Gasteiger partial charge in [-0.25, -0.2) is 4.98 Å². The number of benzene rings is 2. The van der Waals surface area contributed by atoms with Crippen LogP contribution < -0.4 is 21.3 Å². The molecule has 0 aliphatic carbocycles. The fraction of sp³-hybridized carbons (Fsp3) is 0.333. The number of oxazole rings is 1. The lowest BCUT2D eigenvalue weighted by Gasteiger charge is -2.24. The fourth-order valence-corrected chi connectivity index (χ4v) is 5.08. The van der Waals surface area contributed by atoms with Gasteiger partial charge in [0.15, 0.2) is 17.1 Å². The highest BCUT2D eigenvalue weighted by Crippen LogP contribution is 2.20. The van der Waals surface area contributed by atoms with Crippen molar-refractivity contribution >= 4 is 23.6 Å². The smallest absolute Gasteiger partial charge is 0.274 e. The SMILES string of the molecule is C[C@H]1NC(=O)[C@H]([C@@H](C)O)NC(=O)c2coc(n2)[C@@H](Cc2ccccc2)NC(=O)c2cc(on2)CN(Cc2ccccc2)CCNC1=O. The van der Waals surface area contributed by atoms with Crippen LogP contribution in [0.25, 0.3) is 0 Å². The van der Waals surface area contributed by atoms with E-state index in [1.165, 1.54) is 13.8 Å². The summed E-state index contributed by atoms with van der Waals surface area (Å²) in [6.45, 7) is 4.29. The van der Waals surface area contributed by atoms with E-state index < -0.39 is 47.9 Å². The Bertz CT molecular complexity index is 1670. The molecular formula is C33H37N7O7. The van der Waals surface area contributed by atoms with Gasteiger partial charge >= 0.3 is 0 Å². The third kappa shape index (κ3) is 8.89. The highest BCUT2D eigenvalue weighted by molar-refractivity contribution is 5.97. The second-order valence-electron chi connectivity index (χ2n) is 11.4. The van der Waals surface area contributed by atoms with Crippen molar-refractivity contribution in [2.24, 2.45) is 0 Å². The lowest BCUT2D eigenvalue weighted by Crippen LogP contribution is -2.56. The number of hydrogen-bond donors (Lipinski definition) is 5. The van der Waals surface area contributed by atoms with Crippen LogP contribution in [-0.2, 0) is 29.1 Å². The van der Waals surface area contributed by atoms with Crippen molar-refractivity contribution in [3.63, 3.8) is 0 Å². The molecule has 0 fully saturated rings. The van der Waals surface area contributed by atoms with Crippen LogP contribution in [0, 0.1) is 0 Å². The summed E-state index contributed by atoms with van der Waals surface area (Å²) in [6.07, 6.45) is 0.0797. The van der Waals surface area contributed by atoms with Crippen molar-refractivity contribution in [2.75, 3.05) is 13.1 Å². The van der Waals surface area contributed by atoms with Crippen LogP contribution in [0.1, 0.15) is 63.6 Å². The number of carbonyl (C=O) groups is 4. The van der Waals surface area contributed by atoms with Gasteiger partial charge in [0.05, 0.1) is 12.6 Å². The number of hydrogen-bond acceptors (Lipinski definition) is 10. The number of nitrogens with zero attached hydrogens (tertiary/aromatic N) is 3. The topological polar surface area (TPSA) is 192 Å². The van der Waals surface area contributed by atoms with Gasteiger partial charge in [-0.3, -0.25) is 24.1 Å². The van der Waals surface area contributed by atoms with Gasteiger partial charge in [-0.05, 0) is 25.0 Å². The average molecular weight is 644 g/mol. The van der Waals surface area contributed by atoms with Crippen molar-refractivity contribution < 1.29 is 33.2 Å². The average Bonchev–Trinajstić information content (AvgIpc) is 3.74. The number of fused-ring (bicyclic) bond motifs is 4. The normalized spacial score (nSPS) is 21.0. The number of carbonyl (C=O) groups excluding carboxylic acids is 4. The number of amides is 4. The van der Waals surface area contributed by atoms with Gasteiger partial charge in [-0.2, -0.15) is 0 Å². The van der Waals surface area contributed by atoms with E-state index in [1.54, 1.807) is 6.07 Å². The molecular weight excluding hydrogens is 606 g/mol. The molecule has 2 aromatic heterocycles. The second kappa shape index (κ2) is 15.3. The largest absolute Gasteiger partial charge is 0.446 e. The zero-order valence-corrected chi connectivity index (χ0v) is 26.0.